The molecule has 17 heavy (non-hydrogen) atoms. The molecule has 0 radical (unpaired) electrons. The minimum Gasteiger partial charge on any atom is -0.393 e. The molecule has 1 saturated heterocycles. The van der Waals surface area contributed by atoms with Gasteiger partial charge in [-0.05, 0) is 50.0 Å². The summed E-state index contributed by atoms with van der Waals surface area (Å²) in [5, 5.41) is 9.78. The number of thioether (sulfide) groups is 1. The number of rotatable bonds is 9. The van der Waals surface area contributed by atoms with Crippen LogP contribution in [0.25, 0.3) is 0 Å². The maximum Gasteiger partial charge on any atom is 0.0540 e. The Hall–Kier alpha value is 0.270. The van der Waals surface area contributed by atoms with Crippen LogP contribution in [0, 0.1) is 5.92 Å². The summed E-state index contributed by atoms with van der Waals surface area (Å²) in [5.41, 5.74) is 0. The predicted molar refractivity (Wildman–Crippen MR) is 75.6 cm³/mol. The van der Waals surface area contributed by atoms with Crippen LogP contribution in [0.4, 0.5) is 0 Å². The Balaban J connectivity index is 1.88. The van der Waals surface area contributed by atoms with Crippen molar-refractivity contribution in [2.75, 3.05) is 25.2 Å². The third-order valence-corrected chi connectivity index (χ3v) is 4.32. The van der Waals surface area contributed by atoms with Crippen LogP contribution in [0.1, 0.15) is 51.4 Å². The lowest BCUT2D eigenvalue weighted by Gasteiger charge is -2.21. The summed E-state index contributed by atoms with van der Waals surface area (Å²) in [4.78, 5) is 0. The van der Waals surface area contributed by atoms with Gasteiger partial charge in [-0.1, -0.05) is 19.3 Å². The average molecular weight is 260 g/mol. The van der Waals surface area contributed by atoms with Crippen molar-refractivity contribution in [2.24, 2.45) is 5.92 Å². The molecule has 0 aromatic carbocycles. The second-order valence-electron chi connectivity index (χ2n) is 5.13. The van der Waals surface area contributed by atoms with Gasteiger partial charge in [0.05, 0.1) is 6.10 Å². The number of aliphatic hydroxyl groups excluding tert-OH is 1. The van der Waals surface area contributed by atoms with Crippen molar-refractivity contribution in [3.63, 3.8) is 0 Å². The van der Waals surface area contributed by atoms with Gasteiger partial charge in [-0.2, -0.15) is 11.8 Å². The maximum absolute atomic E-state index is 9.78. The molecule has 0 aromatic heterocycles. The Morgan fingerprint density at radius 2 is 1.88 bits per heavy atom. The van der Waals surface area contributed by atoms with Gasteiger partial charge in [0.15, 0.2) is 0 Å². The van der Waals surface area contributed by atoms with Crippen molar-refractivity contribution in [1.82, 2.24) is 0 Å². The van der Waals surface area contributed by atoms with Gasteiger partial charge in [-0.3, -0.25) is 0 Å². The molecular formula is C14H28O2S. The monoisotopic (exact) mass is 260 g/mol. The molecule has 0 bridgehead atoms. The fraction of sp³-hybridized carbons (Fsp3) is 1.00. The molecule has 1 fully saturated rings. The number of ether oxygens (including phenoxy) is 1. The normalized spacial score (nSPS) is 19.4. The molecule has 102 valence electrons. The molecule has 0 spiro atoms. The Labute approximate surface area is 111 Å². The summed E-state index contributed by atoms with van der Waals surface area (Å²) in [6.45, 7) is 1.92. The van der Waals surface area contributed by atoms with E-state index in [1.54, 1.807) is 0 Å². The molecule has 1 heterocycles. The van der Waals surface area contributed by atoms with Crippen LogP contribution in [0.2, 0.25) is 0 Å². The van der Waals surface area contributed by atoms with Gasteiger partial charge in [0.25, 0.3) is 0 Å². The average Bonchev–Trinajstić information content (AvgIpc) is 2.36. The van der Waals surface area contributed by atoms with Gasteiger partial charge < -0.3 is 9.84 Å². The summed E-state index contributed by atoms with van der Waals surface area (Å²) >= 11 is 1.87. The number of hydrogen-bond acceptors (Lipinski definition) is 3. The Bertz CT molecular complexity index is 170. The van der Waals surface area contributed by atoms with Gasteiger partial charge in [0.1, 0.15) is 0 Å². The standard InChI is InChI=1S/C14H28O2S/c1-17-12-4-7-14(15)6-3-2-5-13-8-10-16-11-9-13/h13-15H,2-12H2,1H3. The number of unbranched alkanes of at least 4 members (excludes halogenated alkanes) is 1. The Kier molecular flexibility index (Phi) is 9.21. The van der Waals surface area contributed by atoms with Crippen LogP contribution >= 0.6 is 11.8 Å². The van der Waals surface area contributed by atoms with Crippen LogP contribution in [-0.4, -0.2) is 36.4 Å². The molecule has 3 heteroatoms. The highest BCUT2D eigenvalue weighted by molar-refractivity contribution is 7.98. The van der Waals surface area contributed by atoms with E-state index < -0.39 is 0 Å². The first-order chi connectivity index (χ1) is 8.33. The van der Waals surface area contributed by atoms with E-state index in [0.29, 0.717) is 0 Å². The van der Waals surface area contributed by atoms with Gasteiger partial charge in [-0.25, -0.2) is 0 Å². The van der Waals surface area contributed by atoms with Crippen molar-refractivity contribution >= 4 is 11.8 Å². The molecule has 0 saturated carbocycles. The Morgan fingerprint density at radius 1 is 1.18 bits per heavy atom. The van der Waals surface area contributed by atoms with Gasteiger partial charge in [0.2, 0.25) is 0 Å². The lowest BCUT2D eigenvalue weighted by molar-refractivity contribution is 0.0625. The molecular weight excluding hydrogens is 232 g/mol. The fourth-order valence-electron chi connectivity index (χ4n) is 2.46. The summed E-state index contributed by atoms with van der Waals surface area (Å²) in [6.07, 6.45) is 11.5. The lowest BCUT2D eigenvalue weighted by Crippen LogP contribution is -2.15. The van der Waals surface area contributed by atoms with Gasteiger partial charge in [-0.15, -0.1) is 0 Å². The van der Waals surface area contributed by atoms with Crippen LogP contribution in [0.15, 0.2) is 0 Å². The molecule has 1 unspecified atom stereocenters. The minimum absolute atomic E-state index is 0.0585. The van der Waals surface area contributed by atoms with Crippen molar-refractivity contribution in [3.05, 3.63) is 0 Å². The zero-order valence-corrected chi connectivity index (χ0v) is 12.0. The van der Waals surface area contributed by atoms with E-state index in [-0.39, 0.29) is 6.10 Å². The largest absolute Gasteiger partial charge is 0.393 e. The van der Waals surface area contributed by atoms with Crippen molar-refractivity contribution in [2.45, 2.75) is 57.5 Å². The van der Waals surface area contributed by atoms with Crippen LogP contribution in [-0.2, 0) is 4.74 Å². The van der Waals surface area contributed by atoms with Crippen LogP contribution < -0.4 is 0 Å². The highest BCUT2D eigenvalue weighted by Gasteiger charge is 2.13. The number of hydrogen-bond donors (Lipinski definition) is 1. The quantitative estimate of drug-likeness (QED) is 0.644. The van der Waals surface area contributed by atoms with E-state index in [0.717, 1.165) is 38.4 Å². The van der Waals surface area contributed by atoms with E-state index in [2.05, 4.69) is 6.26 Å². The van der Waals surface area contributed by atoms with Gasteiger partial charge in [0, 0.05) is 13.2 Å². The zero-order valence-electron chi connectivity index (χ0n) is 11.2. The second kappa shape index (κ2) is 10.2. The minimum atomic E-state index is -0.0585. The highest BCUT2D eigenvalue weighted by Crippen LogP contribution is 2.21. The molecule has 1 rings (SSSR count). The first-order valence-electron chi connectivity index (χ1n) is 7.07. The van der Waals surface area contributed by atoms with E-state index in [1.165, 1.54) is 37.9 Å². The highest BCUT2D eigenvalue weighted by atomic mass is 32.2. The third kappa shape index (κ3) is 8.06. The molecule has 1 atom stereocenters. The molecule has 0 amide bonds. The van der Waals surface area contributed by atoms with E-state index in [1.807, 2.05) is 11.8 Å². The van der Waals surface area contributed by atoms with Crippen molar-refractivity contribution in [3.8, 4) is 0 Å². The topological polar surface area (TPSA) is 29.5 Å². The molecule has 1 N–H and O–H groups in total. The maximum atomic E-state index is 9.78. The number of aliphatic hydroxyl groups is 1. The van der Waals surface area contributed by atoms with E-state index in [9.17, 15) is 5.11 Å². The lowest BCUT2D eigenvalue weighted by atomic mass is 9.93. The summed E-state index contributed by atoms with van der Waals surface area (Å²) in [6, 6.07) is 0. The molecule has 0 aliphatic carbocycles. The first kappa shape index (κ1) is 15.3. The van der Waals surface area contributed by atoms with E-state index in [4.69, 9.17) is 4.74 Å². The Morgan fingerprint density at radius 3 is 2.59 bits per heavy atom. The fourth-order valence-corrected chi connectivity index (χ4v) is 2.91. The summed E-state index contributed by atoms with van der Waals surface area (Å²) in [5.74, 6) is 2.07. The molecule has 2 nitrogen and oxygen atoms in total. The smallest absolute Gasteiger partial charge is 0.0540 e. The summed E-state index contributed by atoms with van der Waals surface area (Å²) in [7, 11) is 0. The van der Waals surface area contributed by atoms with Gasteiger partial charge >= 0.3 is 0 Å². The van der Waals surface area contributed by atoms with Crippen LogP contribution in [0.3, 0.4) is 0 Å². The SMILES string of the molecule is CSCCCC(O)CCCCC1CCOCC1. The van der Waals surface area contributed by atoms with E-state index >= 15 is 0 Å². The first-order valence-corrected chi connectivity index (χ1v) is 8.47. The molecule has 1 aliphatic heterocycles. The third-order valence-electron chi connectivity index (χ3n) is 3.63. The molecule has 0 aromatic rings. The molecule has 1 aliphatic rings. The second-order valence-corrected chi connectivity index (χ2v) is 6.11. The van der Waals surface area contributed by atoms with Crippen molar-refractivity contribution < 1.29 is 9.84 Å². The zero-order chi connectivity index (χ0) is 12.3. The van der Waals surface area contributed by atoms with Crippen LogP contribution in [0.5, 0.6) is 0 Å². The van der Waals surface area contributed by atoms with Crippen molar-refractivity contribution in [1.29, 1.82) is 0 Å². The predicted octanol–water partition coefficient (Wildman–Crippen LogP) is 3.48. The summed E-state index contributed by atoms with van der Waals surface area (Å²) < 4.78 is 5.36.